The summed E-state index contributed by atoms with van der Waals surface area (Å²) in [6, 6.07) is 24.9. The molecule has 0 saturated carbocycles. The number of carbonyl (C=O) groups excluding carboxylic acids is 1. The number of fused-ring (bicyclic) bond motifs is 3. The van der Waals surface area contributed by atoms with E-state index in [0.29, 0.717) is 37.9 Å². The molecule has 0 N–H and O–H groups in total. The fourth-order valence-corrected chi connectivity index (χ4v) is 6.89. The van der Waals surface area contributed by atoms with Gasteiger partial charge in [0, 0.05) is 49.3 Å². The zero-order valence-corrected chi connectivity index (χ0v) is 23.4. The first-order valence-corrected chi connectivity index (χ1v) is 14.6. The minimum absolute atomic E-state index is 0.0319. The predicted octanol–water partition coefficient (Wildman–Crippen LogP) is 5.86. The first-order chi connectivity index (χ1) is 19.6. The van der Waals surface area contributed by atoms with Crippen LogP contribution >= 0.6 is 11.6 Å². The van der Waals surface area contributed by atoms with Crippen LogP contribution in [0.25, 0.3) is 10.9 Å². The van der Waals surface area contributed by atoms with Crippen LogP contribution in [-0.4, -0.2) is 59.2 Å². The van der Waals surface area contributed by atoms with Gasteiger partial charge in [-0.2, -0.15) is 0 Å². The van der Waals surface area contributed by atoms with E-state index in [2.05, 4.69) is 64.1 Å². The first-order valence-electron chi connectivity index (χ1n) is 14.3. The number of ether oxygens (including phenoxy) is 2. The average Bonchev–Trinajstić information content (AvgIpc) is 3.52. The number of hydrogen-bond acceptors (Lipinski definition) is 4. The smallest absolute Gasteiger partial charge is 0.256 e. The molecule has 2 fully saturated rings. The number of amides is 1. The number of morpholine rings is 1. The van der Waals surface area contributed by atoms with Gasteiger partial charge in [0.1, 0.15) is 0 Å². The summed E-state index contributed by atoms with van der Waals surface area (Å²) in [5.41, 5.74) is 5.31. The Balaban J connectivity index is 1.09. The molecule has 0 radical (unpaired) electrons. The molecular weight excluding hydrogens is 522 g/mol. The Bertz CT molecular complexity index is 1530. The van der Waals surface area contributed by atoms with Gasteiger partial charge in [-0.1, -0.05) is 72.3 Å². The summed E-state index contributed by atoms with van der Waals surface area (Å²) in [6.07, 6.45) is 3.67. The molecule has 1 atom stereocenters. The van der Waals surface area contributed by atoms with Gasteiger partial charge < -0.3 is 18.9 Å². The number of aromatic nitrogens is 1. The van der Waals surface area contributed by atoms with Crippen molar-refractivity contribution in [1.82, 2.24) is 14.4 Å². The molecule has 0 bridgehead atoms. The molecule has 7 heteroatoms. The lowest BCUT2D eigenvalue weighted by Gasteiger charge is -2.39. The monoisotopic (exact) mass is 555 g/mol. The molecule has 3 aliphatic rings. The largest absolute Gasteiger partial charge is 0.374 e. The second-order valence-corrected chi connectivity index (χ2v) is 11.7. The van der Waals surface area contributed by atoms with E-state index in [1.807, 2.05) is 29.3 Å². The quantitative estimate of drug-likeness (QED) is 0.310. The molecule has 0 unspecified atom stereocenters. The van der Waals surface area contributed by atoms with E-state index in [9.17, 15) is 4.79 Å². The minimum Gasteiger partial charge on any atom is -0.374 e. The highest BCUT2D eigenvalue weighted by Gasteiger charge is 2.43. The van der Waals surface area contributed by atoms with Crippen molar-refractivity contribution in [1.29, 1.82) is 0 Å². The Morgan fingerprint density at radius 1 is 0.975 bits per heavy atom. The van der Waals surface area contributed by atoms with Crippen molar-refractivity contribution in [3.05, 3.63) is 106 Å². The highest BCUT2D eigenvalue weighted by atomic mass is 35.5. The zero-order valence-electron chi connectivity index (χ0n) is 22.6. The lowest BCUT2D eigenvalue weighted by molar-refractivity contribution is -0.0741. The van der Waals surface area contributed by atoms with Crippen molar-refractivity contribution in [3.8, 4) is 0 Å². The van der Waals surface area contributed by atoms with Crippen LogP contribution in [0, 0.1) is 0 Å². The Hall–Kier alpha value is -3.16. The van der Waals surface area contributed by atoms with Gasteiger partial charge in [0.05, 0.1) is 42.5 Å². The molecule has 1 spiro atoms. The van der Waals surface area contributed by atoms with Gasteiger partial charge in [0.25, 0.3) is 5.91 Å². The van der Waals surface area contributed by atoms with E-state index in [0.717, 1.165) is 48.9 Å². The van der Waals surface area contributed by atoms with Crippen molar-refractivity contribution < 1.29 is 14.3 Å². The summed E-state index contributed by atoms with van der Waals surface area (Å²) in [6.45, 7) is 6.04. The van der Waals surface area contributed by atoms with Crippen molar-refractivity contribution >= 4 is 28.4 Å². The van der Waals surface area contributed by atoms with E-state index in [-0.39, 0.29) is 17.6 Å². The van der Waals surface area contributed by atoms with Crippen LogP contribution in [0.1, 0.15) is 39.9 Å². The zero-order chi connectivity index (χ0) is 27.1. The van der Waals surface area contributed by atoms with Gasteiger partial charge in [-0.25, -0.2) is 0 Å². The first kappa shape index (κ1) is 25.8. The third kappa shape index (κ3) is 4.83. The highest BCUT2D eigenvalue weighted by molar-refractivity contribution is 6.31. The van der Waals surface area contributed by atoms with Crippen LogP contribution in [-0.2, 0) is 34.8 Å². The third-order valence-electron chi connectivity index (χ3n) is 8.82. The molecule has 4 heterocycles. The maximum Gasteiger partial charge on any atom is 0.256 e. The lowest BCUT2D eigenvalue weighted by atomic mass is 9.83. The van der Waals surface area contributed by atoms with Gasteiger partial charge in [-0.3, -0.25) is 9.69 Å². The van der Waals surface area contributed by atoms with E-state index in [1.165, 1.54) is 16.7 Å². The Morgan fingerprint density at radius 2 is 1.77 bits per heavy atom. The van der Waals surface area contributed by atoms with E-state index in [4.69, 9.17) is 21.1 Å². The second-order valence-electron chi connectivity index (χ2n) is 11.3. The van der Waals surface area contributed by atoms with Gasteiger partial charge in [0.2, 0.25) is 0 Å². The molecular formula is C33H34ClN3O3. The maximum atomic E-state index is 13.9. The van der Waals surface area contributed by atoms with Crippen molar-refractivity contribution in [2.45, 2.75) is 44.2 Å². The number of halogens is 1. The standard InChI is InChI=1S/C33H34ClN3O3/c34-26-10-11-28-29(32(38)36-14-12-33(13-15-36)30-9-5-4-8-25(30)23-40-33)22-37(31(28)18-26)21-27-20-35(16-17-39-27)19-24-6-2-1-3-7-24/h1-11,18,22,27H,12-17,19-21,23H2/t27-/m1/s1. The van der Waals surface area contributed by atoms with E-state index < -0.39 is 0 Å². The fraction of sp³-hybridized carbons (Fsp3) is 0.364. The van der Waals surface area contributed by atoms with E-state index in [1.54, 1.807) is 0 Å². The van der Waals surface area contributed by atoms with Gasteiger partial charge in [0.15, 0.2) is 0 Å². The molecule has 7 rings (SSSR count). The van der Waals surface area contributed by atoms with Crippen LogP contribution in [0.4, 0.5) is 0 Å². The number of likely N-dealkylation sites (tertiary alicyclic amines) is 1. The van der Waals surface area contributed by atoms with Crippen molar-refractivity contribution in [2.75, 3.05) is 32.8 Å². The Labute approximate surface area is 240 Å². The number of hydrogen-bond donors (Lipinski definition) is 0. The molecule has 1 amide bonds. The molecule has 206 valence electrons. The SMILES string of the molecule is O=C(c1cn(C[C@H]2CN(Cc3ccccc3)CCO2)c2cc(Cl)ccc12)N1CCC2(CC1)OCc1ccccc12. The molecule has 40 heavy (non-hydrogen) atoms. The topological polar surface area (TPSA) is 46.9 Å². The van der Waals surface area contributed by atoms with Crippen LogP contribution in [0.5, 0.6) is 0 Å². The summed E-state index contributed by atoms with van der Waals surface area (Å²) in [5.74, 6) is 0.0717. The molecule has 2 saturated heterocycles. The summed E-state index contributed by atoms with van der Waals surface area (Å²) >= 11 is 6.43. The number of piperidine rings is 1. The second kappa shape index (κ2) is 10.7. The summed E-state index contributed by atoms with van der Waals surface area (Å²) < 4.78 is 14.7. The van der Waals surface area contributed by atoms with Gasteiger partial charge >= 0.3 is 0 Å². The van der Waals surface area contributed by atoms with Gasteiger partial charge in [-0.15, -0.1) is 0 Å². The molecule has 1 aromatic heterocycles. The van der Waals surface area contributed by atoms with Gasteiger partial charge in [-0.05, 0) is 41.7 Å². The normalized spacial score (nSPS) is 20.7. The van der Waals surface area contributed by atoms with Crippen molar-refractivity contribution in [2.24, 2.45) is 0 Å². The number of carbonyl (C=O) groups is 1. The molecule has 3 aromatic carbocycles. The molecule has 3 aliphatic heterocycles. The van der Waals surface area contributed by atoms with Crippen LogP contribution in [0.3, 0.4) is 0 Å². The number of benzene rings is 3. The molecule has 4 aromatic rings. The lowest BCUT2D eigenvalue weighted by Crippen LogP contribution is -2.45. The third-order valence-corrected chi connectivity index (χ3v) is 9.05. The van der Waals surface area contributed by atoms with Crippen LogP contribution in [0.15, 0.2) is 79.0 Å². The minimum atomic E-state index is -0.265. The molecule has 0 aliphatic carbocycles. The highest BCUT2D eigenvalue weighted by Crippen LogP contribution is 2.44. The molecule has 6 nitrogen and oxygen atoms in total. The number of rotatable bonds is 5. The summed E-state index contributed by atoms with van der Waals surface area (Å²) in [4.78, 5) is 18.3. The van der Waals surface area contributed by atoms with Crippen LogP contribution in [0.2, 0.25) is 5.02 Å². The average molecular weight is 556 g/mol. The summed E-state index contributed by atoms with van der Waals surface area (Å²) in [7, 11) is 0. The van der Waals surface area contributed by atoms with E-state index >= 15 is 0 Å². The Morgan fingerprint density at radius 3 is 2.62 bits per heavy atom. The Kier molecular flexibility index (Phi) is 6.88. The van der Waals surface area contributed by atoms with Crippen LogP contribution < -0.4 is 0 Å². The number of nitrogens with zero attached hydrogens (tertiary/aromatic N) is 3. The fourth-order valence-electron chi connectivity index (χ4n) is 6.72. The van der Waals surface area contributed by atoms with Crippen molar-refractivity contribution in [3.63, 3.8) is 0 Å². The summed E-state index contributed by atoms with van der Waals surface area (Å²) in [5, 5.41) is 1.60. The maximum absolute atomic E-state index is 13.9. The predicted molar refractivity (Wildman–Crippen MR) is 156 cm³/mol.